The van der Waals surface area contributed by atoms with Crippen LogP contribution in [0.15, 0.2) is 18.5 Å². The van der Waals surface area contributed by atoms with E-state index in [-0.39, 0.29) is 5.41 Å². The Balaban J connectivity index is 1.74. The average molecular weight is 306 g/mol. The Hall–Kier alpha value is -1.24. The molecule has 2 atom stereocenters. The van der Waals surface area contributed by atoms with Gasteiger partial charge in [0.25, 0.3) is 0 Å². The molecule has 1 aromatic rings. The molecule has 2 aliphatic rings. The van der Waals surface area contributed by atoms with E-state index < -0.39 is 0 Å². The minimum absolute atomic E-state index is 0.156. The van der Waals surface area contributed by atoms with E-state index in [0.717, 1.165) is 58.5 Å². The zero-order valence-corrected chi connectivity index (χ0v) is 13.6. The Morgan fingerprint density at radius 3 is 2.95 bits per heavy atom. The zero-order valence-electron chi connectivity index (χ0n) is 13.6. The van der Waals surface area contributed by atoms with Gasteiger partial charge in [-0.05, 0) is 12.0 Å². The molecule has 0 N–H and O–H groups in total. The van der Waals surface area contributed by atoms with Crippen molar-refractivity contribution in [2.45, 2.75) is 6.92 Å². The summed E-state index contributed by atoms with van der Waals surface area (Å²) in [4.78, 5) is 13.6. The number of methoxy groups -OCH3 is 1. The third kappa shape index (κ3) is 3.24. The first-order valence-electron chi connectivity index (χ1n) is 8.04. The first kappa shape index (κ1) is 15.6. The molecule has 0 bridgehead atoms. The van der Waals surface area contributed by atoms with Gasteiger partial charge in [-0.15, -0.1) is 0 Å². The van der Waals surface area contributed by atoms with Gasteiger partial charge in [0.05, 0.1) is 19.8 Å². The van der Waals surface area contributed by atoms with Crippen molar-refractivity contribution < 1.29 is 9.47 Å². The monoisotopic (exact) mass is 306 g/mol. The summed E-state index contributed by atoms with van der Waals surface area (Å²) in [6.45, 7) is 9.66. The number of ether oxygens (including phenoxy) is 2. The summed E-state index contributed by atoms with van der Waals surface area (Å²) >= 11 is 0. The van der Waals surface area contributed by atoms with Gasteiger partial charge in [-0.1, -0.05) is 6.92 Å². The molecule has 0 radical (unpaired) electrons. The summed E-state index contributed by atoms with van der Waals surface area (Å²) in [5.41, 5.74) is 0.156. The van der Waals surface area contributed by atoms with Crippen LogP contribution in [-0.4, -0.2) is 74.5 Å². The molecule has 122 valence electrons. The predicted molar refractivity (Wildman–Crippen MR) is 85.0 cm³/mol. The van der Waals surface area contributed by atoms with E-state index in [1.165, 1.54) is 0 Å². The molecule has 3 heterocycles. The second-order valence-electron chi connectivity index (χ2n) is 6.51. The standard InChI is InChI=1S/C16H26N4O2/c1-14-10-19(6-8-21-2)11-16(14)12-20(7-9-22-13-16)15-17-4-3-5-18-15/h3-5,14H,6-13H2,1-2H3/t14-,16+/m1/s1. The van der Waals surface area contributed by atoms with Gasteiger partial charge in [0.15, 0.2) is 0 Å². The lowest BCUT2D eigenvalue weighted by atomic mass is 9.79. The minimum atomic E-state index is 0.156. The number of nitrogens with zero attached hydrogens (tertiary/aromatic N) is 4. The summed E-state index contributed by atoms with van der Waals surface area (Å²) in [6.07, 6.45) is 3.62. The number of rotatable bonds is 4. The van der Waals surface area contributed by atoms with Gasteiger partial charge >= 0.3 is 0 Å². The molecule has 0 aromatic carbocycles. The van der Waals surface area contributed by atoms with Crippen LogP contribution in [-0.2, 0) is 9.47 Å². The molecule has 2 fully saturated rings. The highest BCUT2D eigenvalue weighted by Crippen LogP contribution is 2.38. The predicted octanol–water partition coefficient (Wildman–Crippen LogP) is 0.898. The quantitative estimate of drug-likeness (QED) is 0.824. The van der Waals surface area contributed by atoms with E-state index in [2.05, 4.69) is 26.7 Å². The Morgan fingerprint density at radius 1 is 1.36 bits per heavy atom. The first-order valence-corrected chi connectivity index (χ1v) is 8.04. The third-order valence-corrected chi connectivity index (χ3v) is 4.96. The number of likely N-dealkylation sites (tertiary alicyclic amines) is 1. The summed E-state index contributed by atoms with van der Waals surface area (Å²) in [7, 11) is 1.76. The number of anilines is 1. The van der Waals surface area contributed by atoms with Gasteiger partial charge in [-0.25, -0.2) is 9.97 Å². The fourth-order valence-corrected chi connectivity index (χ4v) is 3.61. The minimum Gasteiger partial charge on any atom is -0.383 e. The molecule has 1 aromatic heterocycles. The van der Waals surface area contributed by atoms with Crippen LogP contribution in [0.4, 0.5) is 5.95 Å². The topological polar surface area (TPSA) is 50.7 Å². The molecule has 0 unspecified atom stereocenters. The lowest BCUT2D eigenvalue weighted by Crippen LogP contribution is -2.44. The van der Waals surface area contributed by atoms with Gasteiger partial charge in [0.2, 0.25) is 5.95 Å². The highest BCUT2D eigenvalue weighted by molar-refractivity contribution is 5.30. The summed E-state index contributed by atoms with van der Waals surface area (Å²) in [5, 5.41) is 0. The number of hydrogen-bond acceptors (Lipinski definition) is 6. The Labute approximate surface area is 132 Å². The van der Waals surface area contributed by atoms with Crippen LogP contribution in [0.3, 0.4) is 0 Å². The molecule has 0 amide bonds. The van der Waals surface area contributed by atoms with Crippen LogP contribution in [0.25, 0.3) is 0 Å². The Morgan fingerprint density at radius 2 is 2.18 bits per heavy atom. The van der Waals surface area contributed by atoms with Crippen molar-refractivity contribution in [2.24, 2.45) is 11.3 Å². The summed E-state index contributed by atoms with van der Waals surface area (Å²) in [6, 6.07) is 1.86. The average Bonchev–Trinajstić information content (AvgIpc) is 2.72. The molecule has 2 aliphatic heterocycles. The van der Waals surface area contributed by atoms with E-state index in [1.807, 2.05) is 18.5 Å². The normalized spacial score (nSPS) is 29.9. The second kappa shape index (κ2) is 6.89. The van der Waals surface area contributed by atoms with Crippen molar-refractivity contribution in [3.05, 3.63) is 18.5 Å². The summed E-state index contributed by atoms with van der Waals surface area (Å²) in [5.74, 6) is 1.41. The van der Waals surface area contributed by atoms with Crippen molar-refractivity contribution >= 4 is 5.95 Å². The van der Waals surface area contributed by atoms with Crippen molar-refractivity contribution in [3.8, 4) is 0 Å². The zero-order chi connectivity index (χ0) is 15.4. The van der Waals surface area contributed by atoms with Gasteiger partial charge in [-0.3, -0.25) is 0 Å². The van der Waals surface area contributed by atoms with Crippen LogP contribution < -0.4 is 4.90 Å². The van der Waals surface area contributed by atoms with E-state index in [1.54, 1.807) is 7.11 Å². The SMILES string of the molecule is COCCN1C[C@@H](C)[C@@]2(COCCN(c3ncccn3)C2)C1. The smallest absolute Gasteiger partial charge is 0.225 e. The fraction of sp³-hybridized carbons (Fsp3) is 0.750. The van der Waals surface area contributed by atoms with Gasteiger partial charge < -0.3 is 19.3 Å². The molecule has 2 saturated heterocycles. The molecular formula is C16H26N4O2. The van der Waals surface area contributed by atoms with Crippen molar-refractivity contribution in [2.75, 3.05) is 64.6 Å². The second-order valence-corrected chi connectivity index (χ2v) is 6.51. The lowest BCUT2D eigenvalue weighted by Gasteiger charge is -2.35. The molecule has 0 saturated carbocycles. The maximum atomic E-state index is 5.95. The van der Waals surface area contributed by atoms with E-state index in [9.17, 15) is 0 Å². The van der Waals surface area contributed by atoms with Gasteiger partial charge in [0, 0.05) is 57.6 Å². The van der Waals surface area contributed by atoms with Gasteiger partial charge in [-0.2, -0.15) is 0 Å². The highest BCUT2D eigenvalue weighted by atomic mass is 16.5. The van der Waals surface area contributed by atoms with Crippen LogP contribution in [0, 0.1) is 11.3 Å². The third-order valence-electron chi connectivity index (χ3n) is 4.96. The van der Waals surface area contributed by atoms with Crippen LogP contribution in [0.5, 0.6) is 0 Å². The molecule has 0 aliphatic carbocycles. The molecule has 1 spiro atoms. The maximum Gasteiger partial charge on any atom is 0.225 e. The molecule has 6 heteroatoms. The number of aromatic nitrogens is 2. The lowest BCUT2D eigenvalue weighted by molar-refractivity contribution is 0.0538. The Bertz CT molecular complexity index is 472. The van der Waals surface area contributed by atoms with E-state index in [0.29, 0.717) is 5.92 Å². The fourth-order valence-electron chi connectivity index (χ4n) is 3.61. The van der Waals surface area contributed by atoms with Crippen molar-refractivity contribution in [1.29, 1.82) is 0 Å². The van der Waals surface area contributed by atoms with E-state index in [4.69, 9.17) is 9.47 Å². The van der Waals surface area contributed by atoms with E-state index >= 15 is 0 Å². The van der Waals surface area contributed by atoms with Crippen LogP contribution >= 0.6 is 0 Å². The maximum absolute atomic E-state index is 5.95. The van der Waals surface area contributed by atoms with Crippen molar-refractivity contribution in [3.63, 3.8) is 0 Å². The largest absolute Gasteiger partial charge is 0.383 e. The number of hydrogen-bond donors (Lipinski definition) is 0. The Kier molecular flexibility index (Phi) is 4.90. The van der Waals surface area contributed by atoms with Crippen LogP contribution in [0.2, 0.25) is 0 Å². The molecule has 22 heavy (non-hydrogen) atoms. The molecular weight excluding hydrogens is 280 g/mol. The summed E-state index contributed by atoms with van der Waals surface area (Å²) < 4.78 is 11.2. The first-order chi connectivity index (χ1) is 10.7. The van der Waals surface area contributed by atoms with Crippen molar-refractivity contribution in [1.82, 2.24) is 14.9 Å². The highest BCUT2D eigenvalue weighted by Gasteiger charge is 2.46. The van der Waals surface area contributed by atoms with Crippen LogP contribution in [0.1, 0.15) is 6.92 Å². The molecule has 3 rings (SSSR count). The molecule has 6 nitrogen and oxygen atoms in total. The van der Waals surface area contributed by atoms with Gasteiger partial charge in [0.1, 0.15) is 0 Å².